The maximum absolute atomic E-state index is 12.1. The Labute approximate surface area is 155 Å². The molecule has 1 aromatic heterocycles. The summed E-state index contributed by atoms with van der Waals surface area (Å²) in [5, 5.41) is 5.40. The number of nitrogens with zero attached hydrogens (tertiary/aromatic N) is 1. The first-order valence-electron chi connectivity index (χ1n) is 7.95. The Kier molecular flexibility index (Phi) is 7.04. The quantitative estimate of drug-likeness (QED) is 0.574. The van der Waals surface area contributed by atoms with Crippen LogP contribution in [0, 0.1) is 6.92 Å². The number of benzene rings is 1. The summed E-state index contributed by atoms with van der Waals surface area (Å²) in [5.41, 5.74) is 1.37. The minimum Gasteiger partial charge on any atom is -0.465 e. The first-order valence-corrected chi connectivity index (χ1v) is 8.76. The molecule has 7 nitrogen and oxygen atoms in total. The van der Waals surface area contributed by atoms with Gasteiger partial charge in [-0.2, -0.15) is 0 Å². The van der Waals surface area contributed by atoms with Crippen LogP contribution >= 0.6 is 11.3 Å². The highest BCUT2D eigenvalue weighted by molar-refractivity contribution is 7.17. The Hall–Kier alpha value is -3.00. The van der Waals surface area contributed by atoms with Gasteiger partial charge < -0.3 is 10.1 Å². The lowest BCUT2D eigenvalue weighted by Gasteiger charge is -2.03. The van der Waals surface area contributed by atoms with Gasteiger partial charge in [0, 0.05) is 6.08 Å². The summed E-state index contributed by atoms with van der Waals surface area (Å²) in [7, 11) is 0. The molecule has 2 rings (SSSR count). The lowest BCUT2D eigenvalue weighted by Crippen LogP contribution is -2.30. The molecule has 0 bridgehead atoms. The monoisotopic (exact) mass is 373 g/mol. The number of aromatic nitrogens is 1. The molecule has 1 heterocycles. The van der Waals surface area contributed by atoms with E-state index in [0.717, 1.165) is 16.9 Å². The van der Waals surface area contributed by atoms with Gasteiger partial charge in [0.05, 0.1) is 12.3 Å². The normalized spacial score (nSPS) is 10.5. The van der Waals surface area contributed by atoms with Crippen LogP contribution < -0.4 is 10.6 Å². The van der Waals surface area contributed by atoms with E-state index in [9.17, 15) is 14.4 Å². The van der Waals surface area contributed by atoms with Crippen molar-refractivity contribution in [2.75, 3.05) is 18.5 Å². The number of aryl methyl sites for hydroxylation is 1. The molecule has 26 heavy (non-hydrogen) atoms. The molecule has 0 saturated carbocycles. The van der Waals surface area contributed by atoms with Gasteiger partial charge >= 0.3 is 5.97 Å². The van der Waals surface area contributed by atoms with Crippen molar-refractivity contribution in [3.05, 3.63) is 52.5 Å². The summed E-state index contributed by atoms with van der Waals surface area (Å²) < 4.78 is 4.75. The summed E-state index contributed by atoms with van der Waals surface area (Å²) in [6, 6.07) is 9.41. The zero-order valence-electron chi connectivity index (χ0n) is 14.4. The molecule has 0 aliphatic carbocycles. The Balaban J connectivity index is 1.94. The fraction of sp³-hybridized carbons (Fsp3) is 0.222. The molecule has 0 atom stereocenters. The minimum absolute atomic E-state index is 0.217. The van der Waals surface area contributed by atoms with Crippen LogP contribution in [-0.4, -0.2) is 35.9 Å². The average Bonchev–Trinajstić information content (AvgIpc) is 2.99. The Morgan fingerprint density at radius 2 is 1.96 bits per heavy atom. The predicted molar refractivity (Wildman–Crippen MR) is 99.9 cm³/mol. The summed E-state index contributed by atoms with van der Waals surface area (Å²) in [6.45, 7) is 3.38. The zero-order chi connectivity index (χ0) is 18.9. The van der Waals surface area contributed by atoms with E-state index in [1.165, 1.54) is 6.08 Å². The second-order valence-electron chi connectivity index (χ2n) is 5.15. The molecule has 0 saturated heterocycles. The molecule has 136 valence electrons. The van der Waals surface area contributed by atoms with E-state index in [1.807, 2.05) is 30.3 Å². The van der Waals surface area contributed by atoms with Crippen molar-refractivity contribution in [1.29, 1.82) is 0 Å². The number of rotatable bonds is 7. The molecule has 0 fully saturated rings. The van der Waals surface area contributed by atoms with Gasteiger partial charge in [-0.25, -0.2) is 4.98 Å². The number of amides is 2. The number of esters is 1. The molecular weight excluding hydrogens is 354 g/mol. The van der Waals surface area contributed by atoms with Gasteiger partial charge in [-0.05, 0) is 25.5 Å². The topological polar surface area (TPSA) is 97.4 Å². The first kappa shape index (κ1) is 19.3. The lowest BCUT2D eigenvalue weighted by molar-refractivity contribution is -0.141. The van der Waals surface area contributed by atoms with Crippen LogP contribution in [0.15, 0.2) is 36.4 Å². The SMILES string of the molecule is CCOC(=O)CNC(=O)c1sc(NC(=O)C=Cc2ccccc2)nc1C. The van der Waals surface area contributed by atoms with Gasteiger partial charge in [-0.15, -0.1) is 0 Å². The number of thiazole rings is 1. The molecule has 0 spiro atoms. The van der Waals surface area contributed by atoms with Gasteiger partial charge in [0.15, 0.2) is 5.13 Å². The van der Waals surface area contributed by atoms with E-state index < -0.39 is 11.9 Å². The summed E-state index contributed by atoms with van der Waals surface area (Å²) >= 11 is 1.04. The highest BCUT2D eigenvalue weighted by Gasteiger charge is 2.17. The molecule has 1 aromatic carbocycles. The number of carbonyl (C=O) groups is 3. The smallest absolute Gasteiger partial charge is 0.325 e. The van der Waals surface area contributed by atoms with Gasteiger partial charge in [0.25, 0.3) is 5.91 Å². The summed E-state index contributed by atoms with van der Waals surface area (Å²) in [4.78, 5) is 39.9. The number of ether oxygens (including phenoxy) is 1. The van der Waals surface area contributed by atoms with Crippen LogP contribution in [0.25, 0.3) is 6.08 Å². The molecule has 2 aromatic rings. The number of carbonyl (C=O) groups excluding carboxylic acids is 3. The van der Waals surface area contributed by atoms with E-state index in [-0.39, 0.29) is 19.1 Å². The number of anilines is 1. The number of hydrogen-bond donors (Lipinski definition) is 2. The fourth-order valence-corrected chi connectivity index (χ4v) is 2.87. The summed E-state index contributed by atoms with van der Waals surface area (Å²) in [5.74, 6) is -1.29. The molecule has 8 heteroatoms. The third-order valence-corrected chi connectivity index (χ3v) is 4.23. The molecule has 0 unspecified atom stereocenters. The fourth-order valence-electron chi connectivity index (χ4n) is 1.99. The van der Waals surface area contributed by atoms with Crippen molar-refractivity contribution in [3.8, 4) is 0 Å². The van der Waals surface area contributed by atoms with Crippen LogP contribution in [0.5, 0.6) is 0 Å². The highest BCUT2D eigenvalue weighted by atomic mass is 32.1. The van der Waals surface area contributed by atoms with E-state index in [0.29, 0.717) is 15.7 Å². The second-order valence-corrected chi connectivity index (χ2v) is 6.15. The molecule has 0 aliphatic rings. The van der Waals surface area contributed by atoms with Gasteiger partial charge in [0.1, 0.15) is 11.4 Å². The van der Waals surface area contributed by atoms with Crippen molar-refractivity contribution in [3.63, 3.8) is 0 Å². The van der Waals surface area contributed by atoms with Crippen LogP contribution in [0.3, 0.4) is 0 Å². The Morgan fingerprint density at radius 3 is 2.65 bits per heavy atom. The Bertz CT molecular complexity index is 815. The van der Waals surface area contributed by atoms with Crippen molar-refractivity contribution < 1.29 is 19.1 Å². The molecular formula is C18H19N3O4S. The largest absolute Gasteiger partial charge is 0.465 e. The van der Waals surface area contributed by atoms with E-state index in [4.69, 9.17) is 4.74 Å². The average molecular weight is 373 g/mol. The van der Waals surface area contributed by atoms with Crippen molar-refractivity contribution >= 4 is 40.3 Å². The van der Waals surface area contributed by atoms with Crippen LogP contribution in [0.4, 0.5) is 5.13 Å². The maximum atomic E-state index is 12.1. The van der Waals surface area contributed by atoms with Crippen LogP contribution in [0.1, 0.15) is 27.9 Å². The van der Waals surface area contributed by atoms with E-state index >= 15 is 0 Å². The second kappa shape index (κ2) is 9.47. The molecule has 2 N–H and O–H groups in total. The van der Waals surface area contributed by atoms with Gasteiger partial charge in [-0.3, -0.25) is 19.7 Å². The molecule has 0 aliphatic heterocycles. The van der Waals surface area contributed by atoms with Gasteiger partial charge in [0.2, 0.25) is 5.91 Å². The highest BCUT2D eigenvalue weighted by Crippen LogP contribution is 2.22. The number of nitrogens with one attached hydrogen (secondary N) is 2. The maximum Gasteiger partial charge on any atom is 0.325 e. The zero-order valence-corrected chi connectivity index (χ0v) is 15.3. The Morgan fingerprint density at radius 1 is 1.23 bits per heavy atom. The number of hydrogen-bond acceptors (Lipinski definition) is 6. The lowest BCUT2D eigenvalue weighted by atomic mass is 10.2. The third kappa shape index (κ3) is 5.82. The van der Waals surface area contributed by atoms with Gasteiger partial charge in [-0.1, -0.05) is 41.7 Å². The van der Waals surface area contributed by atoms with Crippen LogP contribution in [-0.2, 0) is 14.3 Å². The summed E-state index contributed by atoms with van der Waals surface area (Å²) in [6.07, 6.45) is 3.08. The van der Waals surface area contributed by atoms with Crippen LogP contribution in [0.2, 0.25) is 0 Å². The van der Waals surface area contributed by atoms with E-state index in [2.05, 4.69) is 15.6 Å². The van der Waals surface area contributed by atoms with E-state index in [1.54, 1.807) is 19.9 Å². The minimum atomic E-state index is -0.511. The van der Waals surface area contributed by atoms with Crippen molar-refractivity contribution in [2.24, 2.45) is 0 Å². The molecule has 2 amide bonds. The predicted octanol–water partition coefficient (Wildman–Crippen LogP) is 2.40. The van der Waals surface area contributed by atoms with Crippen molar-refractivity contribution in [2.45, 2.75) is 13.8 Å². The van der Waals surface area contributed by atoms with Crippen molar-refractivity contribution in [1.82, 2.24) is 10.3 Å². The first-order chi connectivity index (χ1) is 12.5. The standard InChI is InChI=1S/C18H19N3O4S/c1-3-25-15(23)11-19-17(24)16-12(2)20-18(26-16)21-14(22)10-9-13-7-5-4-6-8-13/h4-10H,3,11H2,1-2H3,(H,19,24)(H,20,21,22). The molecule has 0 radical (unpaired) electrons. The third-order valence-electron chi connectivity index (χ3n) is 3.16.